The van der Waals surface area contributed by atoms with Crippen molar-refractivity contribution in [3.8, 4) is 0 Å². The molecule has 2 N–H and O–H groups in total. The molecule has 0 aromatic carbocycles. The summed E-state index contributed by atoms with van der Waals surface area (Å²) in [7, 11) is 0. The zero-order valence-electron chi connectivity index (χ0n) is 9.22. The molecule has 0 aliphatic rings. The molecule has 4 nitrogen and oxygen atoms in total. The highest BCUT2D eigenvalue weighted by molar-refractivity contribution is 5.73. The molecule has 4 heteroatoms. The van der Waals surface area contributed by atoms with Crippen LogP contribution in [0.3, 0.4) is 0 Å². The minimum atomic E-state index is -0.154. The summed E-state index contributed by atoms with van der Waals surface area (Å²) in [5.41, 5.74) is 0.983. The highest BCUT2D eigenvalue weighted by Crippen LogP contribution is 1.86. The highest BCUT2D eigenvalue weighted by atomic mass is 16.5. The Labute approximate surface area is 85.7 Å². The van der Waals surface area contributed by atoms with E-state index in [4.69, 9.17) is 4.74 Å². The second kappa shape index (κ2) is 7.38. The van der Waals surface area contributed by atoms with Crippen LogP contribution in [0.25, 0.3) is 0 Å². The molecular formula is C10H20N2O2. The van der Waals surface area contributed by atoms with E-state index in [1.54, 1.807) is 0 Å². The molecule has 0 atom stereocenters. The van der Waals surface area contributed by atoms with Crippen LogP contribution < -0.4 is 10.6 Å². The number of nitrogens with one attached hydrogen (secondary N) is 2. The van der Waals surface area contributed by atoms with Gasteiger partial charge in [-0.15, -0.1) is 0 Å². The molecule has 0 bridgehead atoms. The summed E-state index contributed by atoms with van der Waals surface area (Å²) in [5, 5.41) is 5.40. The van der Waals surface area contributed by atoms with E-state index in [0.717, 1.165) is 5.57 Å². The van der Waals surface area contributed by atoms with Gasteiger partial charge in [-0.2, -0.15) is 0 Å². The molecule has 2 amide bonds. The van der Waals surface area contributed by atoms with E-state index in [1.807, 2.05) is 20.8 Å². The van der Waals surface area contributed by atoms with E-state index in [-0.39, 0.29) is 12.1 Å². The number of urea groups is 1. The molecule has 0 heterocycles. The minimum absolute atomic E-state index is 0.154. The number of rotatable bonds is 6. The van der Waals surface area contributed by atoms with Crippen LogP contribution in [0.15, 0.2) is 12.2 Å². The largest absolute Gasteiger partial charge is 0.375 e. The molecule has 0 aliphatic carbocycles. The zero-order valence-corrected chi connectivity index (χ0v) is 9.22. The highest BCUT2D eigenvalue weighted by Gasteiger charge is 2.00. The van der Waals surface area contributed by atoms with Gasteiger partial charge in [0.15, 0.2) is 0 Å². The van der Waals surface area contributed by atoms with Crippen LogP contribution >= 0.6 is 0 Å². The van der Waals surface area contributed by atoms with Crippen molar-refractivity contribution in [1.82, 2.24) is 10.6 Å². The minimum Gasteiger partial charge on any atom is -0.375 e. The standard InChI is InChI=1S/C10H20N2O2/c1-8(2)7-14-6-5-11-10(13)12-9(3)4/h9H,1,5-7H2,2-4H3,(H2,11,12,13). The molecule has 0 aliphatic heterocycles. The fourth-order valence-corrected chi connectivity index (χ4v) is 0.796. The Kier molecular flexibility index (Phi) is 6.84. The summed E-state index contributed by atoms with van der Waals surface area (Å²) >= 11 is 0. The maximum Gasteiger partial charge on any atom is 0.315 e. The molecule has 0 saturated carbocycles. The van der Waals surface area contributed by atoms with Crippen LogP contribution in [0, 0.1) is 0 Å². The fourth-order valence-electron chi connectivity index (χ4n) is 0.796. The number of hydrogen-bond donors (Lipinski definition) is 2. The first kappa shape index (κ1) is 13.0. The predicted octanol–water partition coefficient (Wildman–Crippen LogP) is 1.29. The van der Waals surface area contributed by atoms with E-state index in [0.29, 0.717) is 19.8 Å². The number of amides is 2. The molecule has 0 unspecified atom stereocenters. The summed E-state index contributed by atoms with van der Waals surface area (Å²) in [4.78, 5) is 11.1. The molecule has 0 aromatic heterocycles. The van der Waals surface area contributed by atoms with Crippen LogP contribution in [-0.4, -0.2) is 31.8 Å². The van der Waals surface area contributed by atoms with Gasteiger partial charge in [0.05, 0.1) is 13.2 Å². The first-order valence-electron chi connectivity index (χ1n) is 4.79. The lowest BCUT2D eigenvalue weighted by atomic mass is 10.4. The van der Waals surface area contributed by atoms with E-state index < -0.39 is 0 Å². The topological polar surface area (TPSA) is 50.4 Å². The Balaban J connectivity index is 3.27. The summed E-state index contributed by atoms with van der Waals surface area (Å²) in [5.74, 6) is 0. The smallest absolute Gasteiger partial charge is 0.315 e. The molecule has 0 aromatic rings. The van der Waals surface area contributed by atoms with E-state index in [1.165, 1.54) is 0 Å². The number of hydrogen-bond acceptors (Lipinski definition) is 2. The van der Waals surface area contributed by atoms with E-state index in [2.05, 4.69) is 17.2 Å². The van der Waals surface area contributed by atoms with Crippen molar-refractivity contribution >= 4 is 6.03 Å². The lowest BCUT2D eigenvalue weighted by molar-refractivity contribution is 0.157. The average Bonchev–Trinajstić information content (AvgIpc) is 2.01. The van der Waals surface area contributed by atoms with Crippen molar-refractivity contribution in [2.45, 2.75) is 26.8 Å². The molecule has 0 saturated heterocycles. The Bertz CT molecular complexity index is 191. The van der Waals surface area contributed by atoms with Crippen molar-refractivity contribution in [3.63, 3.8) is 0 Å². The lowest BCUT2D eigenvalue weighted by Gasteiger charge is -2.10. The molecule has 14 heavy (non-hydrogen) atoms. The summed E-state index contributed by atoms with van der Waals surface area (Å²) in [6, 6.07) is 0.00487. The Morgan fingerprint density at radius 3 is 2.64 bits per heavy atom. The van der Waals surface area contributed by atoms with Crippen LogP contribution in [0.4, 0.5) is 4.79 Å². The van der Waals surface area contributed by atoms with Crippen molar-refractivity contribution in [1.29, 1.82) is 0 Å². The van der Waals surface area contributed by atoms with Gasteiger partial charge in [-0.1, -0.05) is 12.2 Å². The van der Waals surface area contributed by atoms with Gasteiger partial charge in [0, 0.05) is 12.6 Å². The predicted molar refractivity (Wildman–Crippen MR) is 57.3 cm³/mol. The molecule has 82 valence electrons. The van der Waals surface area contributed by atoms with Crippen molar-refractivity contribution in [2.24, 2.45) is 0 Å². The number of carbonyl (C=O) groups is 1. The summed E-state index contributed by atoms with van der Waals surface area (Å²) in [6.07, 6.45) is 0. The normalized spacial score (nSPS) is 10.0. The first-order chi connectivity index (χ1) is 6.52. The maximum absolute atomic E-state index is 11.1. The molecule has 0 fully saturated rings. The SMILES string of the molecule is C=C(C)COCCNC(=O)NC(C)C. The van der Waals surface area contributed by atoms with Gasteiger partial charge in [0.25, 0.3) is 0 Å². The molecule has 0 rings (SSSR count). The third-order valence-corrected chi connectivity index (χ3v) is 1.30. The fraction of sp³-hybridized carbons (Fsp3) is 0.700. The van der Waals surface area contributed by atoms with Gasteiger partial charge in [0.1, 0.15) is 0 Å². The van der Waals surface area contributed by atoms with Gasteiger partial charge >= 0.3 is 6.03 Å². The molecule has 0 spiro atoms. The second-order valence-electron chi connectivity index (χ2n) is 3.56. The Morgan fingerprint density at radius 1 is 1.50 bits per heavy atom. The van der Waals surface area contributed by atoms with E-state index >= 15 is 0 Å². The Hall–Kier alpha value is -1.03. The third kappa shape index (κ3) is 9.06. The second-order valence-corrected chi connectivity index (χ2v) is 3.56. The summed E-state index contributed by atoms with van der Waals surface area (Å²) < 4.78 is 5.21. The molecular weight excluding hydrogens is 180 g/mol. The summed E-state index contributed by atoms with van der Waals surface area (Å²) in [6.45, 7) is 11.0. The van der Waals surface area contributed by atoms with Gasteiger partial charge in [-0.3, -0.25) is 0 Å². The Morgan fingerprint density at radius 2 is 2.14 bits per heavy atom. The molecule has 0 radical (unpaired) electrons. The van der Waals surface area contributed by atoms with Crippen LogP contribution in [0.2, 0.25) is 0 Å². The van der Waals surface area contributed by atoms with Crippen LogP contribution in [0.1, 0.15) is 20.8 Å². The van der Waals surface area contributed by atoms with Gasteiger partial charge < -0.3 is 15.4 Å². The average molecular weight is 200 g/mol. The van der Waals surface area contributed by atoms with Gasteiger partial charge in [-0.25, -0.2) is 4.79 Å². The van der Waals surface area contributed by atoms with Crippen LogP contribution in [-0.2, 0) is 4.74 Å². The van der Waals surface area contributed by atoms with Crippen molar-refractivity contribution in [2.75, 3.05) is 19.8 Å². The zero-order chi connectivity index (χ0) is 11.0. The van der Waals surface area contributed by atoms with Crippen LogP contribution in [0.5, 0.6) is 0 Å². The lowest BCUT2D eigenvalue weighted by Crippen LogP contribution is -2.40. The van der Waals surface area contributed by atoms with Gasteiger partial charge in [-0.05, 0) is 20.8 Å². The van der Waals surface area contributed by atoms with Crippen molar-refractivity contribution < 1.29 is 9.53 Å². The maximum atomic E-state index is 11.1. The monoisotopic (exact) mass is 200 g/mol. The first-order valence-corrected chi connectivity index (χ1v) is 4.79. The number of carbonyl (C=O) groups excluding carboxylic acids is 1. The quantitative estimate of drug-likeness (QED) is 0.501. The third-order valence-electron chi connectivity index (χ3n) is 1.30. The van der Waals surface area contributed by atoms with E-state index in [9.17, 15) is 4.79 Å². The van der Waals surface area contributed by atoms with Gasteiger partial charge in [0.2, 0.25) is 0 Å². The van der Waals surface area contributed by atoms with Crippen molar-refractivity contribution in [3.05, 3.63) is 12.2 Å². The number of ether oxygens (including phenoxy) is 1.